The van der Waals surface area contributed by atoms with Crippen LogP contribution in [0.15, 0.2) is 12.2 Å². The van der Waals surface area contributed by atoms with Crippen molar-refractivity contribution < 1.29 is 44.2 Å². The first-order valence-corrected chi connectivity index (χ1v) is 21.3. The van der Waals surface area contributed by atoms with Crippen LogP contribution in [0.2, 0.25) is 0 Å². The van der Waals surface area contributed by atoms with E-state index in [9.17, 15) is 25.2 Å². The van der Waals surface area contributed by atoms with Crippen LogP contribution in [-0.4, -0.2) is 89.6 Å². The number of ether oxygens (including phenoxy) is 4. The molecule has 4 N–H and O–H groups in total. The van der Waals surface area contributed by atoms with Crippen LogP contribution in [0, 0.1) is 0 Å². The van der Waals surface area contributed by atoms with Crippen molar-refractivity contribution in [2.75, 3.05) is 26.4 Å². The third-order valence-corrected chi connectivity index (χ3v) is 9.93. The van der Waals surface area contributed by atoms with Gasteiger partial charge in [0.25, 0.3) is 0 Å². The molecule has 1 heterocycles. The van der Waals surface area contributed by atoms with Crippen molar-refractivity contribution in [2.24, 2.45) is 0 Å². The molecule has 0 aromatic rings. The normalized spacial score (nSPS) is 21.4. The van der Waals surface area contributed by atoms with Crippen LogP contribution in [-0.2, 0) is 23.7 Å². The summed E-state index contributed by atoms with van der Waals surface area (Å²) in [7, 11) is 0. The molecule has 9 nitrogen and oxygen atoms in total. The molecule has 0 aromatic heterocycles. The fraction of sp³-hybridized carbons (Fsp3) is 0.929. The van der Waals surface area contributed by atoms with Crippen molar-refractivity contribution in [1.29, 1.82) is 0 Å². The van der Waals surface area contributed by atoms with Crippen molar-refractivity contribution in [3.8, 4) is 0 Å². The Bertz CT molecular complexity index is 792. The Morgan fingerprint density at radius 2 is 1.08 bits per heavy atom. The van der Waals surface area contributed by atoms with Crippen LogP contribution in [0.25, 0.3) is 0 Å². The molecule has 51 heavy (non-hydrogen) atoms. The number of allylic oxidation sites excluding steroid dienone is 2. The zero-order valence-corrected chi connectivity index (χ0v) is 32.9. The SMILES string of the molecule is CCCCCCCCCC/C=C\CCCCCCCCCCCC(=O)OC(COCCCCCCCCC)COC1OC(CO)C(O)C(O)C1O. The summed E-state index contributed by atoms with van der Waals surface area (Å²) in [6.45, 7) is 4.53. The van der Waals surface area contributed by atoms with E-state index in [1.807, 2.05) is 0 Å². The highest BCUT2D eigenvalue weighted by Crippen LogP contribution is 2.22. The second-order valence-electron chi connectivity index (χ2n) is 14.8. The Morgan fingerprint density at radius 1 is 0.608 bits per heavy atom. The van der Waals surface area contributed by atoms with Gasteiger partial charge in [-0.2, -0.15) is 0 Å². The number of hydrogen-bond acceptors (Lipinski definition) is 9. The lowest BCUT2D eigenvalue weighted by atomic mass is 9.99. The maximum Gasteiger partial charge on any atom is 0.306 e. The Labute approximate surface area is 312 Å². The van der Waals surface area contributed by atoms with Crippen LogP contribution in [0.5, 0.6) is 0 Å². The first-order valence-electron chi connectivity index (χ1n) is 21.3. The average molecular weight is 729 g/mol. The number of aliphatic hydroxyl groups excluding tert-OH is 4. The van der Waals surface area contributed by atoms with E-state index in [1.165, 1.54) is 135 Å². The molecule has 1 saturated heterocycles. The summed E-state index contributed by atoms with van der Waals surface area (Å²) in [4.78, 5) is 12.7. The van der Waals surface area contributed by atoms with Gasteiger partial charge in [0, 0.05) is 13.0 Å². The molecule has 1 rings (SSSR count). The maximum absolute atomic E-state index is 12.7. The lowest BCUT2D eigenvalue weighted by molar-refractivity contribution is -0.305. The second-order valence-corrected chi connectivity index (χ2v) is 14.8. The highest BCUT2D eigenvalue weighted by atomic mass is 16.7. The number of esters is 1. The number of hydrogen-bond donors (Lipinski definition) is 4. The lowest BCUT2D eigenvalue weighted by Crippen LogP contribution is -2.59. The van der Waals surface area contributed by atoms with Crippen LogP contribution in [0.1, 0.15) is 187 Å². The number of unbranched alkanes of at least 4 members (excludes halogenated alkanes) is 23. The Hall–Kier alpha value is -1.07. The summed E-state index contributed by atoms with van der Waals surface area (Å²) in [5, 5.41) is 39.9. The highest BCUT2D eigenvalue weighted by Gasteiger charge is 2.44. The van der Waals surface area contributed by atoms with Crippen LogP contribution in [0.3, 0.4) is 0 Å². The van der Waals surface area contributed by atoms with Gasteiger partial charge in [-0.3, -0.25) is 4.79 Å². The number of carbonyl (C=O) groups is 1. The van der Waals surface area contributed by atoms with Gasteiger partial charge in [-0.05, 0) is 38.5 Å². The monoisotopic (exact) mass is 729 g/mol. The number of carbonyl (C=O) groups excluding carboxylic acids is 1. The molecular weight excluding hydrogens is 648 g/mol. The van der Waals surface area contributed by atoms with Gasteiger partial charge in [-0.1, -0.05) is 154 Å². The molecule has 1 fully saturated rings. The van der Waals surface area contributed by atoms with E-state index >= 15 is 0 Å². The van der Waals surface area contributed by atoms with Crippen molar-refractivity contribution >= 4 is 5.97 Å². The van der Waals surface area contributed by atoms with Gasteiger partial charge in [-0.25, -0.2) is 0 Å². The Morgan fingerprint density at radius 3 is 1.59 bits per heavy atom. The van der Waals surface area contributed by atoms with Crippen LogP contribution in [0.4, 0.5) is 0 Å². The van der Waals surface area contributed by atoms with E-state index < -0.39 is 43.4 Å². The highest BCUT2D eigenvalue weighted by molar-refractivity contribution is 5.69. The van der Waals surface area contributed by atoms with Gasteiger partial charge in [0.2, 0.25) is 0 Å². The third-order valence-electron chi connectivity index (χ3n) is 9.93. The van der Waals surface area contributed by atoms with E-state index in [-0.39, 0.29) is 19.2 Å². The number of rotatable bonds is 36. The predicted molar refractivity (Wildman–Crippen MR) is 206 cm³/mol. The minimum Gasteiger partial charge on any atom is -0.457 e. The van der Waals surface area contributed by atoms with Crippen molar-refractivity contribution in [3.05, 3.63) is 12.2 Å². The zero-order chi connectivity index (χ0) is 37.2. The van der Waals surface area contributed by atoms with E-state index in [2.05, 4.69) is 26.0 Å². The van der Waals surface area contributed by atoms with E-state index in [1.54, 1.807) is 0 Å². The molecule has 0 bridgehead atoms. The summed E-state index contributed by atoms with van der Waals surface area (Å²) in [6, 6.07) is 0. The molecular formula is C42H80O9. The first-order chi connectivity index (χ1) is 24.9. The smallest absolute Gasteiger partial charge is 0.306 e. The topological polar surface area (TPSA) is 135 Å². The lowest BCUT2D eigenvalue weighted by Gasteiger charge is -2.39. The van der Waals surface area contributed by atoms with Gasteiger partial charge >= 0.3 is 5.97 Å². The molecule has 6 unspecified atom stereocenters. The van der Waals surface area contributed by atoms with E-state index in [0.717, 1.165) is 32.1 Å². The minimum atomic E-state index is -1.53. The molecule has 0 aliphatic carbocycles. The molecule has 1 aliphatic rings. The van der Waals surface area contributed by atoms with Crippen LogP contribution < -0.4 is 0 Å². The van der Waals surface area contributed by atoms with Gasteiger partial charge in [0.15, 0.2) is 6.29 Å². The fourth-order valence-electron chi connectivity index (χ4n) is 6.54. The summed E-state index contributed by atoms with van der Waals surface area (Å²) < 4.78 is 22.7. The van der Waals surface area contributed by atoms with Gasteiger partial charge in [0.1, 0.15) is 30.5 Å². The molecule has 6 atom stereocenters. The maximum atomic E-state index is 12.7. The van der Waals surface area contributed by atoms with Crippen LogP contribution >= 0.6 is 0 Å². The minimum absolute atomic E-state index is 0.110. The summed E-state index contributed by atoms with van der Waals surface area (Å²) >= 11 is 0. The third kappa shape index (κ3) is 26.4. The summed E-state index contributed by atoms with van der Waals surface area (Å²) in [5.41, 5.74) is 0. The van der Waals surface area contributed by atoms with E-state index in [0.29, 0.717) is 13.0 Å². The predicted octanol–water partition coefficient (Wildman–Crippen LogP) is 8.86. The average Bonchev–Trinajstić information content (AvgIpc) is 3.13. The van der Waals surface area contributed by atoms with E-state index in [4.69, 9.17) is 18.9 Å². The zero-order valence-electron chi connectivity index (χ0n) is 32.9. The largest absolute Gasteiger partial charge is 0.457 e. The first kappa shape index (κ1) is 48.0. The second kappa shape index (κ2) is 34.7. The fourth-order valence-corrected chi connectivity index (χ4v) is 6.54. The Kier molecular flexibility index (Phi) is 32.6. The molecule has 9 heteroatoms. The quantitative estimate of drug-likeness (QED) is 0.0284. The molecule has 1 aliphatic heterocycles. The van der Waals surface area contributed by atoms with Gasteiger partial charge in [-0.15, -0.1) is 0 Å². The molecule has 302 valence electrons. The summed E-state index contributed by atoms with van der Waals surface area (Å²) in [5.74, 6) is -0.316. The standard InChI is InChI=1S/C42H80O9/c1-3-5-7-9-11-12-13-14-15-16-17-18-19-20-21-22-23-24-25-27-29-31-38(44)50-36(34-48-32-30-28-26-10-8-6-4-2)35-49-42-41(47)40(46)39(45)37(33-43)51-42/h16-17,36-37,39-43,45-47H,3-15,18-35H2,1-2H3/b17-16-. The van der Waals surface area contributed by atoms with Crippen molar-refractivity contribution in [3.63, 3.8) is 0 Å². The summed E-state index contributed by atoms with van der Waals surface area (Å²) in [6.07, 6.45) is 29.7. The van der Waals surface area contributed by atoms with Crippen molar-refractivity contribution in [1.82, 2.24) is 0 Å². The van der Waals surface area contributed by atoms with Crippen molar-refractivity contribution in [2.45, 2.75) is 224 Å². The van der Waals surface area contributed by atoms with Gasteiger partial charge in [0.05, 0.1) is 19.8 Å². The molecule has 0 aromatic carbocycles. The molecule has 0 spiro atoms. The number of aliphatic hydroxyl groups is 4. The van der Waals surface area contributed by atoms with Gasteiger partial charge < -0.3 is 39.4 Å². The Balaban J connectivity index is 2.18. The molecule has 0 saturated carbocycles. The molecule has 0 amide bonds. The molecule has 0 radical (unpaired) electrons.